The van der Waals surface area contributed by atoms with Gasteiger partial charge in [-0.3, -0.25) is 4.99 Å². The van der Waals surface area contributed by atoms with Crippen LogP contribution < -0.4 is 10.6 Å². The van der Waals surface area contributed by atoms with E-state index in [2.05, 4.69) is 29.5 Å². The first kappa shape index (κ1) is 20.2. The lowest BCUT2D eigenvalue weighted by Gasteiger charge is -2.19. The Bertz CT molecular complexity index is 390. The molecule has 0 amide bonds. The number of rotatable bonds is 10. The molecular formula is C14H32N4O2S. The molecule has 0 atom stereocenters. The average Bonchev–Trinajstić information content (AvgIpc) is 2.42. The summed E-state index contributed by atoms with van der Waals surface area (Å²) in [5.74, 6) is 1.44. The van der Waals surface area contributed by atoms with Gasteiger partial charge in [0.1, 0.15) is 0 Å². The maximum absolute atomic E-state index is 12.0. The zero-order valence-electron chi connectivity index (χ0n) is 14.1. The van der Waals surface area contributed by atoms with Crippen LogP contribution in [0.5, 0.6) is 0 Å². The summed E-state index contributed by atoms with van der Waals surface area (Å²) in [6, 6.07) is 0. The van der Waals surface area contributed by atoms with Crippen molar-refractivity contribution in [3.05, 3.63) is 0 Å². The predicted molar refractivity (Wildman–Crippen MR) is 90.1 cm³/mol. The van der Waals surface area contributed by atoms with Crippen molar-refractivity contribution in [2.75, 3.05) is 39.0 Å². The minimum atomic E-state index is -3.17. The second kappa shape index (κ2) is 10.8. The quantitative estimate of drug-likeness (QED) is 0.361. The van der Waals surface area contributed by atoms with E-state index in [1.807, 2.05) is 13.8 Å². The first-order valence-electron chi connectivity index (χ1n) is 7.79. The predicted octanol–water partition coefficient (Wildman–Crippen LogP) is 1.26. The van der Waals surface area contributed by atoms with Crippen LogP contribution in [0, 0.1) is 5.92 Å². The van der Waals surface area contributed by atoms with Gasteiger partial charge in [-0.1, -0.05) is 27.7 Å². The zero-order chi connectivity index (χ0) is 16.3. The van der Waals surface area contributed by atoms with Gasteiger partial charge in [-0.2, -0.15) is 0 Å². The molecule has 126 valence electrons. The Balaban J connectivity index is 4.07. The summed E-state index contributed by atoms with van der Waals surface area (Å²) >= 11 is 0. The molecule has 0 aliphatic rings. The van der Waals surface area contributed by atoms with Crippen molar-refractivity contribution in [3.63, 3.8) is 0 Å². The molecule has 0 aromatic heterocycles. The number of aliphatic imine (C=N–C) groups is 1. The SMILES string of the molecule is CCN(CC)S(=O)(=O)CCNC(=NC)NCCCC(C)C. The van der Waals surface area contributed by atoms with Gasteiger partial charge in [-0.25, -0.2) is 12.7 Å². The normalized spacial score (nSPS) is 13.0. The van der Waals surface area contributed by atoms with Gasteiger partial charge in [-0.05, 0) is 18.8 Å². The van der Waals surface area contributed by atoms with Crippen molar-refractivity contribution in [1.29, 1.82) is 0 Å². The Morgan fingerprint density at radius 3 is 2.19 bits per heavy atom. The largest absolute Gasteiger partial charge is 0.356 e. The topological polar surface area (TPSA) is 73.8 Å². The Kier molecular flexibility index (Phi) is 10.4. The molecule has 0 heterocycles. The number of hydrogen-bond acceptors (Lipinski definition) is 3. The van der Waals surface area contributed by atoms with Crippen molar-refractivity contribution in [1.82, 2.24) is 14.9 Å². The summed E-state index contributed by atoms with van der Waals surface area (Å²) in [6.45, 7) is 10.3. The molecule has 0 fully saturated rings. The van der Waals surface area contributed by atoms with Crippen molar-refractivity contribution in [3.8, 4) is 0 Å². The highest BCUT2D eigenvalue weighted by molar-refractivity contribution is 7.89. The van der Waals surface area contributed by atoms with Gasteiger partial charge in [0.05, 0.1) is 5.75 Å². The highest BCUT2D eigenvalue weighted by Gasteiger charge is 2.18. The van der Waals surface area contributed by atoms with E-state index in [0.717, 1.165) is 13.0 Å². The molecule has 0 spiro atoms. The minimum absolute atomic E-state index is 0.0847. The summed E-state index contributed by atoms with van der Waals surface area (Å²) in [7, 11) is -1.48. The minimum Gasteiger partial charge on any atom is -0.356 e. The van der Waals surface area contributed by atoms with Crippen LogP contribution in [0.15, 0.2) is 4.99 Å². The van der Waals surface area contributed by atoms with E-state index in [1.165, 1.54) is 10.7 Å². The first-order chi connectivity index (χ1) is 9.87. The molecule has 0 saturated heterocycles. The van der Waals surface area contributed by atoms with Crippen LogP contribution in [0.3, 0.4) is 0 Å². The fourth-order valence-corrected chi connectivity index (χ4v) is 3.39. The van der Waals surface area contributed by atoms with Crippen molar-refractivity contribution in [2.24, 2.45) is 10.9 Å². The number of nitrogens with one attached hydrogen (secondary N) is 2. The molecule has 0 aromatic rings. The molecule has 21 heavy (non-hydrogen) atoms. The molecule has 0 bridgehead atoms. The molecule has 0 unspecified atom stereocenters. The Hall–Kier alpha value is -0.820. The Labute approximate surface area is 130 Å². The number of nitrogens with zero attached hydrogens (tertiary/aromatic N) is 2. The molecule has 0 aliphatic heterocycles. The van der Waals surface area contributed by atoms with E-state index in [4.69, 9.17) is 0 Å². The fourth-order valence-electron chi connectivity index (χ4n) is 1.98. The standard InChI is InChI=1S/C14H32N4O2S/c1-6-18(7-2)21(19,20)12-11-17-14(15-5)16-10-8-9-13(3)4/h13H,6-12H2,1-5H3,(H2,15,16,17). The Morgan fingerprint density at radius 1 is 1.14 bits per heavy atom. The van der Waals surface area contributed by atoms with E-state index in [-0.39, 0.29) is 5.75 Å². The summed E-state index contributed by atoms with van der Waals surface area (Å²) in [5.41, 5.74) is 0. The first-order valence-corrected chi connectivity index (χ1v) is 9.40. The van der Waals surface area contributed by atoms with E-state index in [1.54, 1.807) is 7.05 Å². The fraction of sp³-hybridized carbons (Fsp3) is 0.929. The van der Waals surface area contributed by atoms with Gasteiger partial charge in [-0.15, -0.1) is 0 Å². The molecule has 0 aliphatic carbocycles. The van der Waals surface area contributed by atoms with Crippen LogP contribution >= 0.6 is 0 Å². The molecule has 0 saturated carbocycles. The van der Waals surface area contributed by atoms with Crippen LogP contribution in [0.25, 0.3) is 0 Å². The third-order valence-corrected chi connectivity index (χ3v) is 5.25. The Morgan fingerprint density at radius 2 is 1.71 bits per heavy atom. The number of guanidine groups is 1. The molecule has 0 rings (SSSR count). The molecule has 7 heteroatoms. The average molecular weight is 321 g/mol. The summed E-state index contributed by atoms with van der Waals surface area (Å²) in [5, 5.41) is 6.25. The smallest absolute Gasteiger partial charge is 0.215 e. The van der Waals surface area contributed by atoms with E-state index in [9.17, 15) is 8.42 Å². The molecule has 6 nitrogen and oxygen atoms in total. The van der Waals surface area contributed by atoms with Crippen molar-refractivity contribution < 1.29 is 8.42 Å². The lowest BCUT2D eigenvalue weighted by Crippen LogP contribution is -2.42. The zero-order valence-corrected chi connectivity index (χ0v) is 15.0. The van der Waals surface area contributed by atoms with Gasteiger partial charge in [0.2, 0.25) is 10.0 Å². The van der Waals surface area contributed by atoms with E-state index >= 15 is 0 Å². The van der Waals surface area contributed by atoms with Gasteiger partial charge >= 0.3 is 0 Å². The molecule has 2 N–H and O–H groups in total. The molecule has 0 aromatic carbocycles. The van der Waals surface area contributed by atoms with E-state index in [0.29, 0.717) is 31.5 Å². The van der Waals surface area contributed by atoms with Gasteiger partial charge in [0.25, 0.3) is 0 Å². The highest BCUT2D eigenvalue weighted by Crippen LogP contribution is 2.01. The number of hydrogen-bond donors (Lipinski definition) is 2. The summed E-state index contributed by atoms with van der Waals surface area (Å²) in [6.07, 6.45) is 2.25. The van der Waals surface area contributed by atoms with Gasteiger partial charge in [0, 0.05) is 33.2 Å². The van der Waals surface area contributed by atoms with Crippen LogP contribution in [0.4, 0.5) is 0 Å². The van der Waals surface area contributed by atoms with Crippen LogP contribution in [-0.4, -0.2) is 57.7 Å². The van der Waals surface area contributed by atoms with E-state index < -0.39 is 10.0 Å². The van der Waals surface area contributed by atoms with Crippen LogP contribution in [0.2, 0.25) is 0 Å². The van der Waals surface area contributed by atoms with Gasteiger partial charge < -0.3 is 10.6 Å². The monoisotopic (exact) mass is 320 g/mol. The van der Waals surface area contributed by atoms with Crippen molar-refractivity contribution >= 4 is 16.0 Å². The summed E-state index contributed by atoms with van der Waals surface area (Å²) in [4.78, 5) is 4.10. The third kappa shape index (κ3) is 8.93. The second-order valence-corrected chi connectivity index (χ2v) is 7.45. The van der Waals surface area contributed by atoms with Crippen molar-refractivity contribution in [2.45, 2.75) is 40.5 Å². The lowest BCUT2D eigenvalue weighted by atomic mass is 10.1. The second-order valence-electron chi connectivity index (χ2n) is 5.36. The highest BCUT2D eigenvalue weighted by atomic mass is 32.2. The maximum atomic E-state index is 12.0. The van der Waals surface area contributed by atoms with Gasteiger partial charge in [0.15, 0.2) is 5.96 Å². The molecular weight excluding hydrogens is 288 g/mol. The summed E-state index contributed by atoms with van der Waals surface area (Å²) < 4.78 is 25.5. The third-order valence-electron chi connectivity index (χ3n) is 3.23. The molecule has 0 radical (unpaired) electrons. The van der Waals surface area contributed by atoms with Crippen LogP contribution in [-0.2, 0) is 10.0 Å². The van der Waals surface area contributed by atoms with Crippen LogP contribution in [0.1, 0.15) is 40.5 Å². The maximum Gasteiger partial charge on any atom is 0.215 e. The number of sulfonamides is 1. The lowest BCUT2D eigenvalue weighted by molar-refractivity contribution is 0.445.